The summed E-state index contributed by atoms with van der Waals surface area (Å²) < 4.78 is 35.3. The number of carboxylic acids is 1. The lowest BCUT2D eigenvalue weighted by Gasteiger charge is -2.27. The predicted molar refractivity (Wildman–Crippen MR) is 47.0 cm³/mol. The van der Waals surface area contributed by atoms with Gasteiger partial charge >= 0.3 is 18.0 Å². The molecule has 1 heterocycles. The highest BCUT2D eigenvalue weighted by Gasteiger charge is 2.64. The monoisotopic (exact) mass is 248 g/mol. The van der Waals surface area contributed by atoms with E-state index in [0.29, 0.717) is 12.8 Å². The van der Waals surface area contributed by atoms with Crippen LogP contribution in [0.1, 0.15) is 12.8 Å². The third-order valence-electron chi connectivity index (χ3n) is 3.95. The van der Waals surface area contributed by atoms with Crippen LogP contribution in [0, 0.1) is 17.8 Å². The van der Waals surface area contributed by atoms with Gasteiger partial charge in [-0.05, 0) is 18.8 Å². The quantitative estimate of drug-likeness (QED) is 0.741. The van der Waals surface area contributed by atoms with Crippen molar-refractivity contribution in [2.24, 2.45) is 17.8 Å². The van der Waals surface area contributed by atoms with Crippen LogP contribution in [0.4, 0.5) is 8.78 Å². The van der Waals surface area contributed by atoms with Crippen LogP contribution >= 0.6 is 0 Å². The Morgan fingerprint density at radius 1 is 1.47 bits per heavy atom. The van der Waals surface area contributed by atoms with Crippen molar-refractivity contribution < 1.29 is 33.0 Å². The number of carbonyl (C=O) groups is 2. The molecule has 1 N–H and O–H groups in total. The van der Waals surface area contributed by atoms with Crippen LogP contribution in [0.25, 0.3) is 0 Å². The Labute approximate surface area is 94.7 Å². The van der Waals surface area contributed by atoms with E-state index in [1.54, 1.807) is 0 Å². The molecule has 1 saturated heterocycles. The van der Waals surface area contributed by atoms with E-state index in [1.807, 2.05) is 0 Å². The zero-order valence-electron chi connectivity index (χ0n) is 8.64. The molecule has 17 heavy (non-hydrogen) atoms. The molecule has 5 atom stereocenters. The minimum atomic E-state index is -4.22. The van der Waals surface area contributed by atoms with Crippen LogP contribution in [0.5, 0.6) is 0 Å². The number of carbonyl (C=O) groups excluding carboxylic acids is 1. The average molecular weight is 248 g/mol. The Morgan fingerprint density at radius 3 is 2.82 bits per heavy atom. The number of alkyl halides is 2. The van der Waals surface area contributed by atoms with E-state index in [1.165, 1.54) is 0 Å². The minimum absolute atomic E-state index is 0.0814. The van der Waals surface area contributed by atoms with Crippen LogP contribution < -0.4 is 0 Å². The fraction of sp³-hybridized carbons (Fsp3) is 0.800. The second-order valence-corrected chi connectivity index (χ2v) is 4.81. The van der Waals surface area contributed by atoms with Gasteiger partial charge in [0.05, 0.1) is 5.92 Å². The smallest absolute Gasteiger partial charge is 0.456 e. The maximum Gasteiger partial charge on any atom is 0.456 e. The van der Waals surface area contributed by atoms with E-state index in [4.69, 9.17) is 9.84 Å². The van der Waals surface area contributed by atoms with E-state index < -0.39 is 24.3 Å². The van der Waals surface area contributed by atoms with Crippen molar-refractivity contribution in [2.45, 2.75) is 31.2 Å². The van der Waals surface area contributed by atoms with Gasteiger partial charge in [0.15, 0.2) is 0 Å². The molecule has 1 aliphatic heterocycles. The largest absolute Gasteiger partial charge is 0.475 e. The molecule has 0 aromatic carbocycles. The van der Waals surface area contributed by atoms with Crippen molar-refractivity contribution in [3.8, 4) is 0 Å². The summed E-state index contributed by atoms with van der Waals surface area (Å²) in [5.74, 6) is -3.18. The molecule has 5 unspecified atom stereocenters. The Kier molecular flexibility index (Phi) is 2.02. The molecule has 0 aromatic rings. The molecule has 0 spiro atoms. The maximum atomic E-state index is 13.0. The number of fused-ring (bicyclic) bond motifs is 1. The highest BCUT2D eigenvalue weighted by molar-refractivity contribution is 5.77. The first-order chi connectivity index (χ1) is 7.90. The first kappa shape index (κ1) is 10.9. The van der Waals surface area contributed by atoms with E-state index in [9.17, 15) is 18.4 Å². The third-order valence-corrected chi connectivity index (χ3v) is 3.95. The highest BCUT2D eigenvalue weighted by atomic mass is 19.3. The van der Waals surface area contributed by atoms with Crippen LogP contribution in [0.15, 0.2) is 0 Å². The number of rotatable bonds is 3. The molecule has 94 valence electrons. The Morgan fingerprint density at radius 2 is 2.18 bits per heavy atom. The lowest BCUT2D eigenvalue weighted by Crippen LogP contribution is -2.43. The zero-order valence-corrected chi connectivity index (χ0v) is 8.64. The van der Waals surface area contributed by atoms with E-state index >= 15 is 0 Å². The highest BCUT2D eigenvalue weighted by Crippen LogP contribution is 2.56. The lowest BCUT2D eigenvalue weighted by atomic mass is 9.88. The van der Waals surface area contributed by atoms with Gasteiger partial charge in [0.25, 0.3) is 0 Å². The van der Waals surface area contributed by atoms with Crippen molar-refractivity contribution in [1.29, 1.82) is 0 Å². The van der Waals surface area contributed by atoms with Gasteiger partial charge in [-0.3, -0.25) is 4.79 Å². The summed E-state index contributed by atoms with van der Waals surface area (Å²) in [6.45, 7) is 0. The molecular formula is C10H10F2O5. The van der Waals surface area contributed by atoms with Crippen LogP contribution in [-0.4, -0.2) is 35.4 Å². The first-order valence-corrected chi connectivity index (χ1v) is 5.39. The van der Waals surface area contributed by atoms with Gasteiger partial charge < -0.3 is 14.6 Å². The summed E-state index contributed by atoms with van der Waals surface area (Å²) in [7, 11) is 0. The van der Waals surface area contributed by atoms with E-state index in [-0.39, 0.29) is 23.7 Å². The summed E-state index contributed by atoms with van der Waals surface area (Å²) in [5.41, 5.74) is 0. The SMILES string of the molecule is O=C1OC2C3CC(CC13)C2OC(F)(F)C(=O)O. The van der Waals surface area contributed by atoms with Gasteiger partial charge in [-0.2, -0.15) is 8.78 Å². The molecule has 0 aromatic heterocycles. The fourth-order valence-electron chi connectivity index (χ4n) is 3.29. The number of carboxylic acid groups (broad SMARTS) is 1. The number of hydrogen-bond donors (Lipinski definition) is 1. The van der Waals surface area contributed by atoms with E-state index in [0.717, 1.165) is 0 Å². The van der Waals surface area contributed by atoms with Crippen LogP contribution in [0.2, 0.25) is 0 Å². The van der Waals surface area contributed by atoms with Gasteiger partial charge in [-0.25, -0.2) is 4.79 Å². The zero-order chi connectivity index (χ0) is 12.4. The normalized spacial score (nSPS) is 42.9. The first-order valence-electron chi connectivity index (χ1n) is 5.39. The number of ether oxygens (including phenoxy) is 2. The summed E-state index contributed by atoms with van der Waals surface area (Å²) in [6.07, 6.45) is -4.85. The Balaban J connectivity index is 1.79. The van der Waals surface area contributed by atoms with Crippen LogP contribution in [-0.2, 0) is 19.1 Å². The van der Waals surface area contributed by atoms with Gasteiger partial charge in [-0.1, -0.05) is 0 Å². The molecule has 2 bridgehead atoms. The topological polar surface area (TPSA) is 72.8 Å². The van der Waals surface area contributed by atoms with Gasteiger partial charge in [0.2, 0.25) is 0 Å². The summed E-state index contributed by atoms with van der Waals surface area (Å²) in [6, 6.07) is 0. The molecule has 2 saturated carbocycles. The molecular weight excluding hydrogens is 238 g/mol. The second kappa shape index (κ2) is 3.16. The maximum absolute atomic E-state index is 13.0. The molecule has 0 amide bonds. The molecule has 2 aliphatic carbocycles. The molecule has 3 aliphatic rings. The minimum Gasteiger partial charge on any atom is -0.475 e. The molecule has 5 nitrogen and oxygen atoms in total. The molecule has 0 radical (unpaired) electrons. The molecule has 3 rings (SSSR count). The summed E-state index contributed by atoms with van der Waals surface area (Å²) >= 11 is 0. The lowest BCUT2D eigenvalue weighted by molar-refractivity contribution is -0.277. The Bertz CT molecular complexity index is 396. The second-order valence-electron chi connectivity index (χ2n) is 4.81. The average Bonchev–Trinajstić information content (AvgIpc) is 2.81. The number of hydrogen-bond acceptors (Lipinski definition) is 4. The van der Waals surface area contributed by atoms with Gasteiger partial charge in [0.1, 0.15) is 12.2 Å². The Hall–Kier alpha value is -1.24. The number of halogens is 2. The standard InChI is InChI=1S/C10H10F2O5/c11-10(12,9(14)15)17-6-3-1-4-5(2-3)8(13)16-7(4)6/h3-7H,1-2H2,(H,14,15). The van der Waals surface area contributed by atoms with E-state index in [2.05, 4.69) is 4.74 Å². The van der Waals surface area contributed by atoms with Crippen molar-refractivity contribution in [1.82, 2.24) is 0 Å². The van der Waals surface area contributed by atoms with Crippen molar-refractivity contribution in [2.75, 3.05) is 0 Å². The predicted octanol–water partition coefficient (Wildman–Crippen LogP) is 0.630. The summed E-state index contributed by atoms with van der Waals surface area (Å²) in [5, 5.41) is 8.31. The number of esters is 1. The van der Waals surface area contributed by atoms with Crippen molar-refractivity contribution >= 4 is 11.9 Å². The van der Waals surface area contributed by atoms with Crippen molar-refractivity contribution in [3.05, 3.63) is 0 Å². The third kappa shape index (κ3) is 1.38. The molecule has 7 heteroatoms. The van der Waals surface area contributed by atoms with Crippen LogP contribution in [0.3, 0.4) is 0 Å². The number of aliphatic carboxylic acids is 1. The van der Waals surface area contributed by atoms with Gasteiger partial charge in [0, 0.05) is 5.92 Å². The van der Waals surface area contributed by atoms with Crippen molar-refractivity contribution in [3.63, 3.8) is 0 Å². The fourth-order valence-corrected chi connectivity index (χ4v) is 3.29. The van der Waals surface area contributed by atoms with Gasteiger partial charge in [-0.15, -0.1) is 0 Å². The summed E-state index contributed by atoms with van der Waals surface area (Å²) in [4.78, 5) is 21.7. The molecule has 3 fully saturated rings.